The van der Waals surface area contributed by atoms with Crippen LogP contribution in [0.1, 0.15) is 11.1 Å². The number of hydrogen-bond donors (Lipinski definition) is 1. The Morgan fingerprint density at radius 2 is 1.86 bits per heavy atom. The number of halogens is 1. The fourth-order valence-corrected chi connectivity index (χ4v) is 5.14. The van der Waals surface area contributed by atoms with E-state index in [1.165, 1.54) is 28.2 Å². The average Bonchev–Trinajstić information content (AvgIpc) is 3.71. The number of tetrazole rings is 1. The number of hydroxylamine groups is 3. The second-order valence-electron chi connectivity index (χ2n) is 9.61. The van der Waals surface area contributed by atoms with Crippen molar-refractivity contribution < 1.29 is 24.0 Å². The van der Waals surface area contributed by atoms with Crippen molar-refractivity contribution in [2.75, 3.05) is 42.4 Å². The van der Waals surface area contributed by atoms with Crippen LogP contribution in [0.4, 0.5) is 21.9 Å². The molecule has 14 heteroatoms. The van der Waals surface area contributed by atoms with E-state index in [-0.39, 0.29) is 19.4 Å². The van der Waals surface area contributed by atoms with Crippen LogP contribution in [-0.2, 0) is 32.0 Å². The summed E-state index contributed by atoms with van der Waals surface area (Å²) in [6.07, 6.45) is 2.10. The molecule has 6 rings (SSSR count). The Labute approximate surface area is 246 Å². The molecule has 1 aromatic heterocycles. The first-order chi connectivity index (χ1) is 20.5. The van der Waals surface area contributed by atoms with Crippen molar-refractivity contribution in [1.82, 2.24) is 25.3 Å². The highest BCUT2D eigenvalue weighted by atomic mass is 35.5. The standard InChI is InChI=1S/C28H27ClN8O5/c1-40-28(39)34-12-11-20-14-22(8-10-23(20)34)31-27(38)26(13-19-5-3-2-4-6-19)37-18-41-36(17-42-37)25-15-21(29)7-9-24(25)35-16-30-32-33-35/h2-10,14-16,26H,11-13,17-18H2,1H3,(H,31,38). The molecule has 216 valence electrons. The molecule has 2 amide bonds. The van der Waals surface area contributed by atoms with Crippen LogP contribution in [0.25, 0.3) is 5.69 Å². The van der Waals surface area contributed by atoms with Gasteiger partial charge in [-0.2, -0.15) is 4.68 Å². The van der Waals surface area contributed by atoms with Crippen LogP contribution in [0.3, 0.4) is 0 Å². The topological polar surface area (TPSA) is 127 Å². The van der Waals surface area contributed by atoms with Gasteiger partial charge in [-0.05, 0) is 70.8 Å². The van der Waals surface area contributed by atoms with E-state index in [4.69, 9.17) is 26.0 Å². The fourth-order valence-electron chi connectivity index (χ4n) is 4.98. The number of methoxy groups -OCH3 is 1. The first kappa shape index (κ1) is 27.6. The number of carbonyl (C=O) groups excluding carboxylic acids is 2. The minimum absolute atomic E-state index is 0.0176. The maximum Gasteiger partial charge on any atom is 0.414 e. The monoisotopic (exact) mass is 590 g/mol. The minimum atomic E-state index is -0.715. The number of aromatic nitrogens is 4. The van der Waals surface area contributed by atoms with E-state index in [0.29, 0.717) is 41.5 Å². The molecule has 1 atom stereocenters. The molecular weight excluding hydrogens is 564 g/mol. The number of ether oxygens (including phenoxy) is 1. The molecule has 0 aliphatic carbocycles. The summed E-state index contributed by atoms with van der Waals surface area (Å²) in [6, 6.07) is 19.7. The average molecular weight is 591 g/mol. The Balaban J connectivity index is 1.19. The van der Waals surface area contributed by atoms with Gasteiger partial charge in [0.15, 0.2) is 13.5 Å². The Morgan fingerprint density at radius 1 is 1.02 bits per heavy atom. The van der Waals surface area contributed by atoms with Gasteiger partial charge in [0, 0.05) is 17.3 Å². The molecule has 3 heterocycles. The van der Waals surface area contributed by atoms with Crippen LogP contribution in [0.2, 0.25) is 5.02 Å². The number of nitrogens with one attached hydrogen (secondary N) is 1. The molecule has 1 fully saturated rings. The van der Waals surface area contributed by atoms with Gasteiger partial charge < -0.3 is 10.1 Å². The number of hydrogen-bond acceptors (Lipinski definition) is 10. The molecule has 4 aromatic rings. The third-order valence-corrected chi connectivity index (χ3v) is 7.28. The van der Waals surface area contributed by atoms with Crippen LogP contribution in [-0.4, -0.2) is 70.4 Å². The highest BCUT2D eigenvalue weighted by Gasteiger charge is 2.33. The molecule has 1 N–H and O–H groups in total. The molecule has 2 aliphatic heterocycles. The van der Waals surface area contributed by atoms with E-state index in [1.54, 1.807) is 29.2 Å². The lowest BCUT2D eigenvalue weighted by molar-refractivity contribution is -0.279. The van der Waals surface area contributed by atoms with Gasteiger partial charge in [0.1, 0.15) is 12.4 Å². The Morgan fingerprint density at radius 3 is 2.60 bits per heavy atom. The lowest BCUT2D eigenvalue weighted by Gasteiger charge is -2.38. The summed E-state index contributed by atoms with van der Waals surface area (Å²) in [5.74, 6) is -0.268. The zero-order chi connectivity index (χ0) is 29.1. The van der Waals surface area contributed by atoms with Gasteiger partial charge in [-0.25, -0.2) is 9.86 Å². The van der Waals surface area contributed by atoms with E-state index in [2.05, 4.69) is 20.8 Å². The van der Waals surface area contributed by atoms with Crippen molar-refractivity contribution in [2.45, 2.75) is 18.9 Å². The number of rotatable bonds is 7. The normalized spacial score (nSPS) is 15.8. The zero-order valence-electron chi connectivity index (χ0n) is 22.6. The summed E-state index contributed by atoms with van der Waals surface area (Å²) < 4.78 is 6.37. The largest absolute Gasteiger partial charge is 0.452 e. The van der Waals surface area contributed by atoms with Crippen molar-refractivity contribution in [1.29, 1.82) is 0 Å². The van der Waals surface area contributed by atoms with Gasteiger partial charge >= 0.3 is 6.09 Å². The van der Waals surface area contributed by atoms with E-state index in [0.717, 1.165) is 16.8 Å². The highest BCUT2D eigenvalue weighted by Crippen LogP contribution is 2.32. The molecule has 0 spiro atoms. The third kappa shape index (κ3) is 5.76. The number of fused-ring (bicyclic) bond motifs is 1. The summed E-state index contributed by atoms with van der Waals surface area (Å²) in [7, 11) is 1.36. The number of benzene rings is 3. The van der Waals surface area contributed by atoms with E-state index in [1.807, 2.05) is 42.5 Å². The van der Waals surface area contributed by atoms with E-state index >= 15 is 0 Å². The highest BCUT2D eigenvalue weighted by molar-refractivity contribution is 6.31. The summed E-state index contributed by atoms with van der Waals surface area (Å²) in [5.41, 5.74) is 4.54. The predicted octanol–water partition coefficient (Wildman–Crippen LogP) is 3.59. The van der Waals surface area contributed by atoms with E-state index < -0.39 is 12.1 Å². The van der Waals surface area contributed by atoms with Crippen LogP contribution in [0.5, 0.6) is 0 Å². The Bertz CT molecular complexity index is 1560. The maximum atomic E-state index is 13.7. The number of nitrogens with zero attached hydrogens (tertiary/aromatic N) is 7. The van der Waals surface area contributed by atoms with Crippen molar-refractivity contribution in [3.05, 3.63) is 89.2 Å². The molecular formula is C28H27ClN8O5. The summed E-state index contributed by atoms with van der Waals surface area (Å²) in [4.78, 5) is 39.5. The number of anilines is 3. The lowest BCUT2D eigenvalue weighted by Crippen LogP contribution is -2.52. The molecule has 0 bridgehead atoms. The molecule has 13 nitrogen and oxygen atoms in total. The molecule has 1 unspecified atom stereocenters. The van der Waals surface area contributed by atoms with E-state index in [9.17, 15) is 9.59 Å². The van der Waals surface area contributed by atoms with Crippen molar-refractivity contribution in [3.8, 4) is 5.69 Å². The summed E-state index contributed by atoms with van der Waals surface area (Å²) in [5, 5.41) is 17.9. The summed E-state index contributed by atoms with van der Waals surface area (Å²) in [6.45, 7) is 0.467. The zero-order valence-corrected chi connectivity index (χ0v) is 23.3. The van der Waals surface area contributed by atoms with Gasteiger partial charge in [-0.1, -0.05) is 41.9 Å². The Hall–Kier alpha value is -4.56. The SMILES string of the molecule is COC(=O)N1CCc2cc(NC(=O)C(Cc3ccccc3)N3CON(c4cc(Cl)ccc4-n4cnnn4)CO3)ccc21. The van der Waals surface area contributed by atoms with Gasteiger partial charge in [0.2, 0.25) is 5.91 Å². The minimum Gasteiger partial charge on any atom is -0.452 e. The second-order valence-corrected chi connectivity index (χ2v) is 10.0. The van der Waals surface area contributed by atoms with Crippen molar-refractivity contribution in [2.24, 2.45) is 0 Å². The molecule has 0 saturated carbocycles. The fraction of sp³-hybridized carbons (Fsp3) is 0.250. The second kappa shape index (κ2) is 12.1. The number of amides is 2. The van der Waals surface area contributed by atoms with Gasteiger partial charge in [-0.3, -0.25) is 19.4 Å². The molecule has 1 saturated heterocycles. The predicted molar refractivity (Wildman–Crippen MR) is 153 cm³/mol. The van der Waals surface area contributed by atoms with Crippen molar-refractivity contribution >= 4 is 40.7 Å². The smallest absolute Gasteiger partial charge is 0.414 e. The quantitative estimate of drug-likeness (QED) is 0.341. The van der Waals surface area contributed by atoms with Crippen LogP contribution in [0.15, 0.2) is 73.1 Å². The Kier molecular flexibility index (Phi) is 7.97. The first-order valence-electron chi connectivity index (χ1n) is 13.2. The third-order valence-electron chi connectivity index (χ3n) is 7.04. The maximum absolute atomic E-state index is 13.7. The number of carbonyl (C=O) groups is 2. The van der Waals surface area contributed by atoms with Gasteiger partial charge in [0.25, 0.3) is 0 Å². The van der Waals surface area contributed by atoms with Gasteiger partial charge in [-0.15, -0.1) is 10.2 Å². The molecule has 3 aromatic carbocycles. The van der Waals surface area contributed by atoms with Crippen LogP contribution >= 0.6 is 11.6 Å². The lowest BCUT2D eigenvalue weighted by atomic mass is 10.0. The summed E-state index contributed by atoms with van der Waals surface area (Å²) >= 11 is 6.28. The van der Waals surface area contributed by atoms with Crippen molar-refractivity contribution in [3.63, 3.8) is 0 Å². The first-order valence-corrected chi connectivity index (χ1v) is 13.5. The molecule has 2 aliphatic rings. The van der Waals surface area contributed by atoms with Crippen LogP contribution < -0.4 is 15.3 Å². The molecule has 0 radical (unpaired) electrons. The molecule has 42 heavy (non-hydrogen) atoms. The van der Waals surface area contributed by atoms with Gasteiger partial charge in [0.05, 0.1) is 24.2 Å². The van der Waals surface area contributed by atoms with Crippen LogP contribution in [0, 0.1) is 0 Å².